The van der Waals surface area contributed by atoms with Gasteiger partial charge in [0.05, 0.1) is 0 Å². The van der Waals surface area contributed by atoms with Crippen molar-refractivity contribution < 1.29 is 9.59 Å². The average Bonchev–Trinajstić information content (AvgIpc) is 2.69. The van der Waals surface area contributed by atoms with Gasteiger partial charge in [-0.3, -0.25) is 14.6 Å². The Balaban J connectivity index is 1.39. The summed E-state index contributed by atoms with van der Waals surface area (Å²) in [7, 11) is 1.83. The van der Waals surface area contributed by atoms with Crippen LogP contribution in [0, 0.1) is 29.1 Å². The zero-order chi connectivity index (χ0) is 20.6. The molecule has 1 aromatic heterocycles. The van der Waals surface area contributed by atoms with Crippen molar-refractivity contribution in [3.63, 3.8) is 0 Å². The lowest BCUT2D eigenvalue weighted by molar-refractivity contribution is -0.150. The van der Waals surface area contributed by atoms with Gasteiger partial charge >= 0.3 is 0 Å². The third kappa shape index (κ3) is 4.19. The summed E-state index contributed by atoms with van der Waals surface area (Å²) in [5, 5.41) is 3.21. The standard InChI is InChI=1S/C24H35N3O2/c1-16(2)21(22(28)27(3)9-7-20-6-4-5-8-25-20)26-23(29)24-13-17-10-18(14-24)12-19(11-17)15-24/h4-6,8,16-19,21H,7,9-15H2,1-3H3,(H,26,29)/t17?,18?,19?,21-,24?/m1/s1. The van der Waals surface area contributed by atoms with E-state index in [1.54, 1.807) is 11.1 Å². The predicted octanol–water partition coefficient (Wildman–Crippen LogP) is 3.44. The van der Waals surface area contributed by atoms with Crippen LogP contribution < -0.4 is 5.32 Å². The van der Waals surface area contributed by atoms with E-state index in [-0.39, 0.29) is 23.1 Å². The highest BCUT2D eigenvalue weighted by molar-refractivity contribution is 5.90. The molecule has 0 saturated heterocycles. The summed E-state index contributed by atoms with van der Waals surface area (Å²) in [5.41, 5.74) is 0.764. The number of carbonyl (C=O) groups is 2. The lowest BCUT2D eigenvalue weighted by Gasteiger charge is -2.56. The average molecular weight is 398 g/mol. The number of nitrogens with zero attached hydrogens (tertiary/aromatic N) is 2. The Morgan fingerprint density at radius 3 is 2.28 bits per heavy atom. The van der Waals surface area contributed by atoms with Gasteiger partial charge in [-0.2, -0.15) is 0 Å². The second kappa shape index (κ2) is 8.08. The van der Waals surface area contributed by atoms with Gasteiger partial charge < -0.3 is 10.2 Å². The molecule has 1 heterocycles. The molecule has 0 aromatic carbocycles. The van der Waals surface area contributed by atoms with E-state index in [1.807, 2.05) is 39.1 Å². The first-order valence-corrected chi connectivity index (χ1v) is 11.3. The molecule has 4 aliphatic rings. The molecule has 0 aliphatic heterocycles. The molecule has 5 heteroatoms. The number of hydrogen-bond donors (Lipinski definition) is 1. The Kier molecular flexibility index (Phi) is 5.67. The highest BCUT2D eigenvalue weighted by Gasteiger charge is 2.55. The molecule has 5 rings (SSSR count). The first kappa shape index (κ1) is 20.4. The molecule has 5 nitrogen and oxygen atoms in total. The number of rotatable bonds is 7. The van der Waals surface area contributed by atoms with Gasteiger partial charge in [-0.15, -0.1) is 0 Å². The van der Waals surface area contributed by atoms with E-state index in [2.05, 4.69) is 10.3 Å². The van der Waals surface area contributed by atoms with Crippen molar-refractivity contribution in [1.82, 2.24) is 15.2 Å². The first-order valence-electron chi connectivity index (χ1n) is 11.3. The van der Waals surface area contributed by atoms with E-state index in [4.69, 9.17) is 0 Å². The van der Waals surface area contributed by atoms with Crippen molar-refractivity contribution >= 4 is 11.8 Å². The van der Waals surface area contributed by atoms with Gasteiger partial charge in [-0.25, -0.2) is 0 Å². The molecule has 1 atom stereocenters. The summed E-state index contributed by atoms with van der Waals surface area (Å²) in [4.78, 5) is 32.7. The van der Waals surface area contributed by atoms with Crippen molar-refractivity contribution in [3.05, 3.63) is 30.1 Å². The molecule has 29 heavy (non-hydrogen) atoms. The van der Waals surface area contributed by atoms with Gasteiger partial charge in [0.25, 0.3) is 0 Å². The smallest absolute Gasteiger partial charge is 0.245 e. The topological polar surface area (TPSA) is 62.3 Å². The molecule has 1 aromatic rings. The fourth-order valence-electron chi connectivity index (χ4n) is 6.37. The van der Waals surface area contributed by atoms with E-state index >= 15 is 0 Å². The predicted molar refractivity (Wildman–Crippen MR) is 113 cm³/mol. The van der Waals surface area contributed by atoms with E-state index in [9.17, 15) is 9.59 Å². The van der Waals surface area contributed by atoms with Gasteiger partial charge in [-0.1, -0.05) is 19.9 Å². The third-order valence-corrected chi connectivity index (χ3v) is 7.54. The molecule has 4 fully saturated rings. The monoisotopic (exact) mass is 397 g/mol. The summed E-state index contributed by atoms with van der Waals surface area (Å²) in [6.45, 7) is 4.65. The van der Waals surface area contributed by atoms with Crippen LogP contribution >= 0.6 is 0 Å². The molecule has 0 spiro atoms. The Morgan fingerprint density at radius 1 is 1.14 bits per heavy atom. The lowest BCUT2D eigenvalue weighted by atomic mass is 9.49. The van der Waals surface area contributed by atoms with Crippen LogP contribution in [0.1, 0.15) is 58.1 Å². The Hall–Kier alpha value is -1.91. The van der Waals surface area contributed by atoms with Crippen molar-refractivity contribution in [2.24, 2.45) is 29.1 Å². The van der Waals surface area contributed by atoms with Crippen LogP contribution in [-0.2, 0) is 16.0 Å². The fraction of sp³-hybridized carbons (Fsp3) is 0.708. The van der Waals surface area contributed by atoms with Gasteiger partial charge in [0.15, 0.2) is 0 Å². The Labute approximate surface area is 174 Å². The number of nitrogens with one attached hydrogen (secondary N) is 1. The van der Waals surface area contributed by atoms with Gasteiger partial charge in [0.2, 0.25) is 11.8 Å². The second-order valence-corrected chi connectivity index (χ2v) is 10.2. The van der Waals surface area contributed by atoms with Crippen LogP contribution in [-0.4, -0.2) is 41.3 Å². The number of pyridine rings is 1. The van der Waals surface area contributed by atoms with E-state index in [0.29, 0.717) is 6.54 Å². The maximum atomic E-state index is 13.4. The molecule has 4 saturated carbocycles. The summed E-state index contributed by atoms with van der Waals surface area (Å²) in [6, 6.07) is 5.39. The Bertz CT molecular complexity index is 710. The lowest BCUT2D eigenvalue weighted by Crippen LogP contribution is -2.58. The summed E-state index contributed by atoms with van der Waals surface area (Å²) >= 11 is 0. The number of likely N-dealkylation sites (N-methyl/N-ethyl adjacent to an activating group) is 1. The molecule has 4 bridgehead atoms. The van der Waals surface area contributed by atoms with Gasteiger partial charge in [-0.05, 0) is 74.3 Å². The minimum atomic E-state index is -0.454. The van der Waals surface area contributed by atoms with Crippen molar-refractivity contribution in [2.75, 3.05) is 13.6 Å². The number of carbonyl (C=O) groups excluding carboxylic acids is 2. The SMILES string of the molecule is CC(C)[C@@H](NC(=O)C12CC3CC(CC(C3)C1)C2)C(=O)N(C)CCc1ccccn1. The molecule has 158 valence electrons. The first-order chi connectivity index (χ1) is 13.9. The molecular formula is C24H35N3O2. The van der Waals surface area contributed by atoms with Crippen molar-refractivity contribution in [2.45, 2.75) is 64.8 Å². The maximum Gasteiger partial charge on any atom is 0.245 e. The highest BCUT2D eigenvalue weighted by atomic mass is 16.2. The Morgan fingerprint density at radius 2 is 1.76 bits per heavy atom. The van der Waals surface area contributed by atoms with Crippen molar-refractivity contribution in [3.8, 4) is 0 Å². The molecule has 0 radical (unpaired) electrons. The molecule has 1 N–H and O–H groups in total. The number of hydrogen-bond acceptors (Lipinski definition) is 3. The number of aromatic nitrogens is 1. The zero-order valence-corrected chi connectivity index (χ0v) is 18.1. The third-order valence-electron chi connectivity index (χ3n) is 7.54. The fourth-order valence-corrected chi connectivity index (χ4v) is 6.37. The molecule has 0 unspecified atom stereocenters. The zero-order valence-electron chi connectivity index (χ0n) is 18.1. The van der Waals surface area contributed by atoms with Crippen LogP contribution in [0.2, 0.25) is 0 Å². The van der Waals surface area contributed by atoms with Crippen LogP contribution in [0.3, 0.4) is 0 Å². The minimum absolute atomic E-state index is 0.00834. The highest BCUT2D eigenvalue weighted by Crippen LogP contribution is 2.60. The van der Waals surface area contributed by atoms with Gasteiger partial charge in [0.1, 0.15) is 6.04 Å². The quantitative estimate of drug-likeness (QED) is 0.767. The van der Waals surface area contributed by atoms with Crippen LogP contribution in [0.5, 0.6) is 0 Å². The van der Waals surface area contributed by atoms with Crippen LogP contribution in [0.4, 0.5) is 0 Å². The van der Waals surface area contributed by atoms with Crippen LogP contribution in [0.25, 0.3) is 0 Å². The van der Waals surface area contributed by atoms with Gasteiger partial charge in [0, 0.05) is 37.3 Å². The van der Waals surface area contributed by atoms with E-state index < -0.39 is 6.04 Å². The van der Waals surface area contributed by atoms with Crippen LogP contribution in [0.15, 0.2) is 24.4 Å². The summed E-state index contributed by atoms with van der Waals surface area (Å²) in [6.07, 6.45) is 9.52. The number of amides is 2. The van der Waals surface area contributed by atoms with E-state index in [1.165, 1.54) is 19.3 Å². The van der Waals surface area contributed by atoms with E-state index in [0.717, 1.165) is 49.1 Å². The molecule has 4 aliphatic carbocycles. The second-order valence-electron chi connectivity index (χ2n) is 10.2. The maximum absolute atomic E-state index is 13.4. The normalized spacial score (nSPS) is 31.0. The summed E-state index contributed by atoms with van der Waals surface area (Å²) in [5.74, 6) is 2.39. The molecule has 2 amide bonds. The minimum Gasteiger partial charge on any atom is -0.344 e. The largest absolute Gasteiger partial charge is 0.344 e. The summed E-state index contributed by atoms with van der Waals surface area (Å²) < 4.78 is 0. The molecular weight excluding hydrogens is 362 g/mol. The van der Waals surface area contributed by atoms with Crippen molar-refractivity contribution in [1.29, 1.82) is 0 Å².